The second-order valence-electron chi connectivity index (χ2n) is 9.24. The Hall–Kier alpha value is -3.23. The Kier molecular flexibility index (Phi) is 7.20. The van der Waals surface area contributed by atoms with Gasteiger partial charge in [-0.3, -0.25) is 9.59 Å². The SMILES string of the molecule is COc1ccc(C(CNC2=CC(=O)C3(Oc4c(Cl)c(OC)cc(OC)c4C3=O)C(C)C2)N(C)C)cc1. The van der Waals surface area contributed by atoms with Crippen LogP contribution in [0.5, 0.6) is 23.0 Å². The van der Waals surface area contributed by atoms with Gasteiger partial charge in [-0.2, -0.15) is 0 Å². The first-order valence-corrected chi connectivity index (χ1v) is 12.0. The highest BCUT2D eigenvalue weighted by Gasteiger charge is 2.60. The van der Waals surface area contributed by atoms with E-state index in [2.05, 4.69) is 10.2 Å². The molecule has 1 spiro atoms. The van der Waals surface area contributed by atoms with E-state index in [4.69, 9.17) is 30.5 Å². The molecule has 0 saturated heterocycles. The van der Waals surface area contributed by atoms with Crippen molar-refractivity contribution in [3.63, 3.8) is 0 Å². The molecule has 4 rings (SSSR count). The van der Waals surface area contributed by atoms with E-state index in [1.165, 1.54) is 26.4 Å². The molecule has 8 nitrogen and oxygen atoms in total. The highest BCUT2D eigenvalue weighted by atomic mass is 35.5. The van der Waals surface area contributed by atoms with Gasteiger partial charge in [0.1, 0.15) is 27.8 Å². The van der Waals surface area contributed by atoms with Gasteiger partial charge in [-0.1, -0.05) is 30.7 Å². The smallest absolute Gasteiger partial charge is 0.236 e. The summed E-state index contributed by atoms with van der Waals surface area (Å²) in [5.74, 6) is 0.163. The molecule has 0 radical (unpaired) electrons. The quantitative estimate of drug-likeness (QED) is 0.528. The molecule has 1 aliphatic carbocycles. The number of ether oxygens (including phenoxy) is 4. The number of Topliss-reactive ketones (excluding diaryl/α,β-unsaturated/α-hetero) is 1. The first kappa shape index (κ1) is 25.9. The van der Waals surface area contributed by atoms with Gasteiger partial charge in [-0.25, -0.2) is 0 Å². The second-order valence-corrected chi connectivity index (χ2v) is 9.62. The van der Waals surface area contributed by atoms with Gasteiger partial charge in [0.05, 0.1) is 27.4 Å². The summed E-state index contributed by atoms with van der Waals surface area (Å²) in [6.07, 6.45) is 1.92. The Balaban J connectivity index is 1.58. The average Bonchev–Trinajstić information content (AvgIpc) is 3.18. The molecule has 0 saturated carbocycles. The van der Waals surface area contributed by atoms with E-state index in [0.717, 1.165) is 17.0 Å². The van der Waals surface area contributed by atoms with Crippen LogP contribution in [0, 0.1) is 5.92 Å². The molecule has 3 unspecified atom stereocenters. The lowest BCUT2D eigenvalue weighted by Gasteiger charge is -2.36. The van der Waals surface area contributed by atoms with E-state index in [1.54, 1.807) is 7.11 Å². The summed E-state index contributed by atoms with van der Waals surface area (Å²) in [6.45, 7) is 2.41. The van der Waals surface area contributed by atoms with Crippen LogP contribution < -0.4 is 24.3 Å². The number of allylic oxidation sites excluding steroid dienone is 1. The van der Waals surface area contributed by atoms with Gasteiger partial charge in [0.15, 0.2) is 5.75 Å². The number of carbonyl (C=O) groups excluding carboxylic acids is 2. The van der Waals surface area contributed by atoms with Gasteiger partial charge in [0.25, 0.3) is 0 Å². The van der Waals surface area contributed by atoms with Gasteiger partial charge >= 0.3 is 0 Å². The molecular formula is C27H31ClN2O6. The van der Waals surface area contributed by atoms with E-state index in [-0.39, 0.29) is 28.1 Å². The molecule has 0 bridgehead atoms. The molecule has 2 aromatic rings. The van der Waals surface area contributed by atoms with Crippen LogP contribution in [0.25, 0.3) is 0 Å². The van der Waals surface area contributed by atoms with Crippen molar-refractivity contribution < 1.29 is 28.5 Å². The fraction of sp³-hybridized carbons (Fsp3) is 0.407. The predicted molar refractivity (Wildman–Crippen MR) is 137 cm³/mol. The van der Waals surface area contributed by atoms with Crippen LogP contribution in [0.1, 0.15) is 35.3 Å². The molecule has 1 aliphatic heterocycles. The molecule has 192 valence electrons. The first-order valence-electron chi connectivity index (χ1n) is 11.6. The van der Waals surface area contributed by atoms with Crippen LogP contribution in [0.4, 0.5) is 0 Å². The number of carbonyl (C=O) groups is 2. The van der Waals surface area contributed by atoms with E-state index in [0.29, 0.717) is 18.7 Å². The van der Waals surface area contributed by atoms with Crippen LogP contribution in [-0.2, 0) is 4.79 Å². The lowest BCUT2D eigenvalue weighted by atomic mass is 9.74. The Morgan fingerprint density at radius 2 is 1.78 bits per heavy atom. The highest BCUT2D eigenvalue weighted by Crippen LogP contribution is 2.52. The molecule has 2 aliphatic rings. The van der Waals surface area contributed by atoms with E-state index in [9.17, 15) is 9.59 Å². The van der Waals surface area contributed by atoms with Crippen LogP contribution in [0.15, 0.2) is 42.1 Å². The molecule has 0 fully saturated rings. The fourth-order valence-corrected chi connectivity index (χ4v) is 5.17. The Bertz CT molecular complexity index is 1210. The third-order valence-electron chi connectivity index (χ3n) is 6.96. The van der Waals surface area contributed by atoms with Crippen molar-refractivity contribution in [3.05, 3.63) is 58.3 Å². The number of nitrogens with zero attached hydrogens (tertiary/aromatic N) is 1. The molecule has 1 N–H and O–H groups in total. The molecule has 36 heavy (non-hydrogen) atoms. The largest absolute Gasteiger partial charge is 0.497 e. The maximum absolute atomic E-state index is 13.6. The minimum atomic E-state index is -1.69. The zero-order valence-corrected chi connectivity index (χ0v) is 22.1. The minimum absolute atomic E-state index is 0.0576. The Labute approximate surface area is 216 Å². The molecule has 3 atom stereocenters. The number of hydrogen-bond acceptors (Lipinski definition) is 8. The number of ketones is 2. The highest BCUT2D eigenvalue weighted by molar-refractivity contribution is 6.36. The Morgan fingerprint density at radius 3 is 2.33 bits per heavy atom. The maximum Gasteiger partial charge on any atom is 0.236 e. The number of nitrogens with one attached hydrogen (secondary N) is 1. The predicted octanol–water partition coefficient (Wildman–Crippen LogP) is 4.07. The van der Waals surface area contributed by atoms with Gasteiger partial charge in [0.2, 0.25) is 17.2 Å². The van der Waals surface area contributed by atoms with Crippen LogP contribution in [0.3, 0.4) is 0 Å². The minimum Gasteiger partial charge on any atom is -0.497 e. The molecule has 9 heteroatoms. The van der Waals surface area contributed by atoms with Crippen LogP contribution in [-0.4, -0.2) is 64.0 Å². The van der Waals surface area contributed by atoms with E-state index in [1.807, 2.05) is 45.3 Å². The first-order chi connectivity index (χ1) is 17.2. The third-order valence-corrected chi connectivity index (χ3v) is 7.31. The van der Waals surface area contributed by atoms with Gasteiger partial charge < -0.3 is 29.2 Å². The van der Waals surface area contributed by atoms with Gasteiger partial charge in [-0.15, -0.1) is 0 Å². The van der Waals surface area contributed by atoms with Crippen molar-refractivity contribution in [3.8, 4) is 23.0 Å². The fourth-order valence-electron chi connectivity index (χ4n) is 4.90. The van der Waals surface area contributed by atoms with Gasteiger partial charge in [-0.05, 0) is 38.2 Å². The average molecular weight is 515 g/mol. The molecule has 2 aromatic carbocycles. The summed E-state index contributed by atoms with van der Waals surface area (Å²) in [7, 11) is 8.55. The van der Waals surface area contributed by atoms with E-state index >= 15 is 0 Å². The topological polar surface area (TPSA) is 86.3 Å². The Morgan fingerprint density at radius 1 is 1.11 bits per heavy atom. The number of rotatable bonds is 8. The maximum atomic E-state index is 13.6. The van der Waals surface area contributed by atoms with Crippen molar-refractivity contribution in [2.24, 2.45) is 5.92 Å². The summed E-state index contributed by atoms with van der Waals surface area (Å²) in [6, 6.07) is 9.49. The number of benzene rings is 2. The lowest BCUT2D eigenvalue weighted by Crippen LogP contribution is -2.55. The summed E-state index contributed by atoms with van der Waals surface area (Å²) in [5.41, 5.74) is 0.344. The molecular weight excluding hydrogens is 484 g/mol. The normalized spacial score (nSPS) is 21.7. The van der Waals surface area contributed by atoms with Crippen molar-refractivity contribution in [1.29, 1.82) is 0 Å². The lowest BCUT2D eigenvalue weighted by molar-refractivity contribution is -0.129. The van der Waals surface area contributed by atoms with Crippen molar-refractivity contribution in [2.45, 2.75) is 25.0 Å². The number of likely N-dealkylation sites (N-methyl/N-ethyl adjacent to an activating group) is 1. The molecule has 1 heterocycles. The van der Waals surface area contributed by atoms with Crippen molar-refractivity contribution in [1.82, 2.24) is 10.2 Å². The number of hydrogen-bond donors (Lipinski definition) is 1. The zero-order valence-electron chi connectivity index (χ0n) is 21.3. The van der Waals surface area contributed by atoms with Crippen molar-refractivity contribution >= 4 is 23.2 Å². The van der Waals surface area contributed by atoms with Crippen molar-refractivity contribution in [2.75, 3.05) is 42.0 Å². The standard InChI is InChI=1S/C27H31ClN2O6/c1-15-11-17(29-14-19(30(2)3)16-7-9-18(33-4)10-8-16)12-22(31)27(15)26(32)23-20(34-5)13-21(35-6)24(28)25(23)36-27/h7-10,12-13,15,19,29H,11,14H2,1-6H3. The number of methoxy groups -OCH3 is 3. The second kappa shape index (κ2) is 10.0. The molecule has 0 amide bonds. The van der Waals surface area contributed by atoms with Crippen LogP contribution in [0.2, 0.25) is 5.02 Å². The monoisotopic (exact) mass is 514 g/mol. The molecule has 0 aromatic heterocycles. The zero-order chi connectivity index (χ0) is 26.2. The number of halogens is 1. The van der Waals surface area contributed by atoms with Gasteiger partial charge in [0, 0.05) is 30.3 Å². The summed E-state index contributed by atoms with van der Waals surface area (Å²) in [5, 5.41) is 3.55. The van der Waals surface area contributed by atoms with Crippen LogP contribution >= 0.6 is 11.6 Å². The van der Waals surface area contributed by atoms with E-state index < -0.39 is 23.1 Å². The number of fused-ring (bicyclic) bond motifs is 1. The summed E-state index contributed by atoms with van der Waals surface area (Å²) in [4.78, 5) is 29.2. The third kappa shape index (κ3) is 4.18. The summed E-state index contributed by atoms with van der Waals surface area (Å²) >= 11 is 6.46. The summed E-state index contributed by atoms with van der Waals surface area (Å²) < 4.78 is 22.1.